The zero-order valence-corrected chi connectivity index (χ0v) is 27.9. The highest BCUT2D eigenvalue weighted by atomic mass is 32.2. The maximum absolute atomic E-state index is 13.6. The Morgan fingerprint density at radius 1 is 1.08 bits per heavy atom. The molecule has 14 nitrogen and oxygen atoms in total. The number of aromatic amines is 1. The lowest BCUT2D eigenvalue weighted by atomic mass is 9.68. The Morgan fingerprint density at radius 3 is 2.42 bits per heavy atom. The normalized spacial score (nSPS) is 27.6. The van der Waals surface area contributed by atoms with Gasteiger partial charge in [0.15, 0.2) is 18.1 Å². The largest absolute Gasteiger partial charge is 0.493 e. The number of rotatable bonds is 9. The van der Waals surface area contributed by atoms with Crippen molar-refractivity contribution in [3.05, 3.63) is 62.6 Å². The zero-order valence-electron chi connectivity index (χ0n) is 25.4. The number of benzene rings is 2. The first-order chi connectivity index (χ1) is 22.8. The number of sulfonamides is 1. The molecule has 3 amide bonds. The van der Waals surface area contributed by atoms with Crippen LogP contribution in [0.15, 0.2) is 57.2 Å². The third-order valence-electron chi connectivity index (χ3n) is 9.87. The molecule has 2 aliphatic heterocycles. The van der Waals surface area contributed by atoms with Gasteiger partial charge in [0, 0.05) is 21.7 Å². The monoisotopic (exact) mass is 714 g/mol. The van der Waals surface area contributed by atoms with Crippen molar-refractivity contribution in [3.63, 3.8) is 0 Å². The molecule has 2 saturated carbocycles. The predicted molar refractivity (Wildman–Crippen MR) is 172 cm³/mol. The van der Waals surface area contributed by atoms with Gasteiger partial charge in [0.05, 0.1) is 28.9 Å². The number of nitrogens with one attached hydrogen (secondary N) is 2. The minimum atomic E-state index is -3.87. The van der Waals surface area contributed by atoms with E-state index in [2.05, 4.69) is 10.3 Å². The van der Waals surface area contributed by atoms with E-state index in [1.807, 2.05) is 6.07 Å². The van der Waals surface area contributed by atoms with E-state index in [1.54, 1.807) is 12.1 Å². The standard InChI is InChI=1S/C31H30N4O10S3/c1-12(30(39)40)35-28(37)23-16-10-17(24(23)29(35)38)25-22(16)21(26-27(46-25)34-31(41)47-26)13-3-8-18(19(9-13)44-2)45-11-20(36)33-14-4-6-15(7-5-14)48(32,42)43/h3-9,12,16-17,21-25H,10-11H2,1-2H3,(H,33,36)(H,34,41)(H,39,40)(H2,32,42,43)/t12?,16?,17?,21-,22?,23?,24?,25?/m1/s1. The maximum Gasteiger partial charge on any atom is 0.326 e. The molecule has 48 heavy (non-hydrogen) atoms. The number of primary sulfonamides is 1. The number of hydrogen-bond acceptors (Lipinski definition) is 11. The first-order valence-corrected chi connectivity index (χ1v) is 18.3. The number of amides is 3. The van der Waals surface area contributed by atoms with Crippen LogP contribution in [0, 0.1) is 29.6 Å². The lowest BCUT2D eigenvalue weighted by Crippen LogP contribution is -2.44. The highest BCUT2D eigenvalue weighted by Gasteiger charge is 2.70. The number of imide groups is 1. The van der Waals surface area contributed by atoms with Crippen molar-refractivity contribution < 1.29 is 42.2 Å². The van der Waals surface area contributed by atoms with E-state index in [-0.39, 0.29) is 51.0 Å². The lowest BCUT2D eigenvalue weighted by molar-refractivity contribution is -0.154. The Bertz CT molecular complexity index is 2030. The number of likely N-dealkylation sites (tertiary alicyclic amines) is 1. The van der Waals surface area contributed by atoms with E-state index in [4.69, 9.17) is 14.6 Å². The number of carbonyl (C=O) groups is 4. The van der Waals surface area contributed by atoms with Crippen LogP contribution in [-0.2, 0) is 29.2 Å². The highest BCUT2D eigenvalue weighted by Crippen LogP contribution is 2.68. The van der Waals surface area contributed by atoms with Crippen LogP contribution in [0.25, 0.3) is 0 Å². The Labute approximate surface area is 282 Å². The number of aliphatic carboxylic acids is 1. The van der Waals surface area contributed by atoms with Crippen LogP contribution in [0.3, 0.4) is 0 Å². The smallest absolute Gasteiger partial charge is 0.326 e. The van der Waals surface area contributed by atoms with E-state index in [1.165, 1.54) is 50.1 Å². The summed E-state index contributed by atoms with van der Waals surface area (Å²) in [6.45, 7) is 0.969. The van der Waals surface area contributed by atoms with Crippen molar-refractivity contribution in [2.45, 2.75) is 40.5 Å². The van der Waals surface area contributed by atoms with Crippen LogP contribution in [0.2, 0.25) is 0 Å². The number of H-pyrrole nitrogens is 1. The molecule has 2 aliphatic carbocycles. The number of hydrogen-bond donors (Lipinski definition) is 4. The zero-order chi connectivity index (χ0) is 34.2. The summed E-state index contributed by atoms with van der Waals surface area (Å²) in [6, 6.07) is 9.40. The summed E-state index contributed by atoms with van der Waals surface area (Å²) in [5.41, 5.74) is 1.16. The molecule has 4 aliphatic rings. The molecule has 7 unspecified atom stereocenters. The van der Waals surface area contributed by atoms with Crippen LogP contribution < -0.4 is 24.8 Å². The van der Waals surface area contributed by atoms with Crippen LogP contribution >= 0.6 is 23.1 Å². The van der Waals surface area contributed by atoms with Crippen molar-refractivity contribution in [3.8, 4) is 11.5 Å². The Hall–Kier alpha value is -4.19. The quantitative estimate of drug-likeness (QED) is 0.235. The van der Waals surface area contributed by atoms with Gasteiger partial charge in [-0.1, -0.05) is 17.4 Å². The fourth-order valence-electron chi connectivity index (χ4n) is 7.97. The van der Waals surface area contributed by atoms with Gasteiger partial charge in [-0.3, -0.25) is 24.1 Å². The van der Waals surface area contributed by atoms with Crippen LogP contribution in [0.5, 0.6) is 11.5 Å². The number of thiazole rings is 1. The molecular formula is C31H30N4O10S3. The summed E-state index contributed by atoms with van der Waals surface area (Å²) in [4.78, 5) is 68.5. The summed E-state index contributed by atoms with van der Waals surface area (Å²) in [7, 11) is -2.41. The second-order valence-corrected chi connectivity index (χ2v) is 16.1. The van der Waals surface area contributed by atoms with E-state index < -0.39 is 51.6 Å². The van der Waals surface area contributed by atoms with Crippen molar-refractivity contribution in [1.82, 2.24) is 9.88 Å². The first kappa shape index (κ1) is 32.4. The van der Waals surface area contributed by atoms with Gasteiger partial charge < -0.3 is 24.9 Å². The van der Waals surface area contributed by atoms with Crippen molar-refractivity contribution in [2.75, 3.05) is 19.0 Å². The van der Waals surface area contributed by atoms with E-state index >= 15 is 0 Å². The second kappa shape index (κ2) is 11.7. The van der Waals surface area contributed by atoms with Gasteiger partial charge in [0.25, 0.3) is 5.91 Å². The molecule has 0 radical (unpaired) electrons. The van der Waals surface area contributed by atoms with Crippen LogP contribution in [0.1, 0.15) is 29.7 Å². The van der Waals surface area contributed by atoms with Gasteiger partial charge in [0.2, 0.25) is 21.8 Å². The molecule has 2 bridgehead atoms. The van der Waals surface area contributed by atoms with E-state index in [0.717, 1.165) is 31.7 Å². The van der Waals surface area contributed by atoms with Gasteiger partial charge in [-0.05, 0) is 73.1 Å². The number of ether oxygens (including phenoxy) is 2. The Kier molecular flexibility index (Phi) is 7.92. The Balaban J connectivity index is 1.14. The predicted octanol–water partition coefficient (Wildman–Crippen LogP) is 2.06. The summed E-state index contributed by atoms with van der Waals surface area (Å²) in [5, 5.41) is 18.0. The molecule has 17 heteroatoms. The molecule has 8 atom stereocenters. The number of fused-ring (bicyclic) bond motifs is 9. The molecule has 2 aromatic carbocycles. The number of carbonyl (C=O) groups excluding carboxylic acids is 3. The maximum atomic E-state index is 13.6. The Morgan fingerprint density at radius 2 is 1.77 bits per heavy atom. The summed E-state index contributed by atoms with van der Waals surface area (Å²) in [6.07, 6.45) is 0.651. The van der Waals surface area contributed by atoms with Gasteiger partial charge >= 0.3 is 10.8 Å². The minimum Gasteiger partial charge on any atom is -0.493 e. The molecule has 252 valence electrons. The third-order valence-corrected chi connectivity index (χ3v) is 13.4. The van der Waals surface area contributed by atoms with E-state index in [0.29, 0.717) is 17.9 Å². The average molecular weight is 715 g/mol. The second-order valence-electron chi connectivity index (χ2n) is 12.3. The van der Waals surface area contributed by atoms with Crippen molar-refractivity contribution >= 4 is 62.5 Å². The third kappa shape index (κ3) is 5.19. The SMILES string of the molecule is COc1cc([C@H]2c3sc(=O)[nH]c3SC3C4CC(C5C(=O)N(C(C)C(=O)O)C(=O)C45)C32)ccc1OCC(=O)Nc1ccc(S(N)(=O)=O)cc1. The fraction of sp³-hybridized carbons (Fsp3) is 0.387. The van der Waals surface area contributed by atoms with Gasteiger partial charge in [0.1, 0.15) is 6.04 Å². The van der Waals surface area contributed by atoms with Gasteiger partial charge in [-0.2, -0.15) is 0 Å². The van der Waals surface area contributed by atoms with Gasteiger partial charge in [-0.15, -0.1) is 11.8 Å². The number of thioether (sulfide) groups is 1. The van der Waals surface area contributed by atoms with Crippen LogP contribution in [-0.4, -0.2) is 72.1 Å². The molecule has 3 heterocycles. The molecule has 0 spiro atoms. The summed E-state index contributed by atoms with van der Waals surface area (Å²) < 4.78 is 34.4. The molecule has 1 aromatic heterocycles. The molecular weight excluding hydrogens is 685 g/mol. The molecule has 5 N–H and O–H groups in total. The summed E-state index contributed by atoms with van der Waals surface area (Å²) >= 11 is 2.63. The van der Waals surface area contributed by atoms with Gasteiger partial charge in [-0.25, -0.2) is 18.4 Å². The number of aromatic nitrogens is 1. The molecule has 3 fully saturated rings. The molecule has 1 saturated heterocycles. The number of nitrogens with zero attached hydrogens (tertiary/aromatic N) is 1. The topological polar surface area (TPSA) is 215 Å². The number of carboxylic acids is 1. The minimum absolute atomic E-state index is 0.0829. The lowest BCUT2D eigenvalue weighted by Gasteiger charge is -2.43. The summed E-state index contributed by atoms with van der Waals surface area (Å²) in [5.74, 6) is -3.97. The van der Waals surface area contributed by atoms with Crippen LogP contribution in [0.4, 0.5) is 5.69 Å². The molecule has 7 rings (SSSR count). The number of anilines is 1. The molecule has 3 aromatic rings. The number of methoxy groups -OCH3 is 1. The first-order valence-electron chi connectivity index (χ1n) is 15.0. The number of carboxylic acid groups (broad SMARTS) is 1. The van der Waals surface area contributed by atoms with E-state index in [9.17, 15) is 37.5 Å². The number of nitrogens with two attached hydrogens (primary N) is 1. The fourth-order valence-corrected chi connectivity index (χ4v) is 11.4. The average Bonchev–Trinajstić information content (AvgIpc) is 3.78. The van der Waals surface area contributed by atoms with Crippen molar-refractivity contribution in [1.29, 1.82) is 0 Å². The highest BCUT2D eigenvalue weighted by molar-refractivity contribution is 8.00. The van der Waals surface area contributed by atoms with Crippen molar-refractivity contribution in [2.24, 2.45) is 34.7 Å².